The van der Waals surface area contributed by atoms with E-state index in [4.69, 9.17) is 9.84 Å². The van der Waals surface area contributed by atoms with E-state index in [-0.39, 0.29) is 23.6 Å². The van der Waals surface area contributed by atoms with Crippen LogP contribution in [0.4, 0.5) is 0 Å². The van der Waals surface area contributed by atoms with Gasteiger partial charge in [-0.15, -0.1) is 11.3 Å². The van der Waals surface area contributed by atoms with E-state index in [1.54, 1.807) is 5.38 Å². The van der Waals surface area contributed by atoms with Gasteiger partial charge in [0.25, 0.3) is 0 Å². The van der Waals surface area contributed by atoms with Crippen molar-refractivity contribution < 1.29 is 18.3 Å². The average molecular weight is 303 g/mol. The standard InChI is InChI=1S/C12H17NO4S2/c14-6-9-5-10(7-18-9)19(15,16)13-11-3-4-17-12(11)8-1-2-8/h5,7-8,11-14H,1-4,6H2. The molecule has 2 heterocycles. The van der Waals surface area contributed by atoms with Crippen LogP contribution in [-0.4, -0.2) is 32.3 Å². The zero-order valence-corrected chi connectivity index (χ0v) is 12.0. The third-order valence-electron chi connectivity index (χ3n) is 3.62. The SMILES string of the molecule is O=S(=O)(NC1CCOC1C1CC1)c1csc(CO)c1. The van der Waals surface area contributed by atoms with Gasteiger partial charge in [-0.25, -0.2) is 13.1 Å². The first kappa shape index (κ1) is 13.5. The van der Waals surface area contributed by atoms with Crippen LogP contribution in [0.3, 0.4) is 0 Å². The Morgan fingerprint density at radius 1 is 1.42 bits per heavy atom. The molecule has 7 heteroatoms. The van der Waals surface area contributed by atoms with Gasteiger partial charge in [0.2, 0.25) is 10.0 Å². The summed E-state index contributed by atoms with van der Waals surface area (Å²) in [5.41, 5.74) is 0. The fourth-order valence-corrected chi connectivity index (χ4v) is 4.89. The van der Waals surface area contributed by atoms with Gasteiger partial charge in [0.05, 0.1) is 23.6 Å². The van der Waals surface area contributed by atoms with Crippen molar-refractivity contribution in [2.45, 2.75) is 42.9 Å². The van der Waals surface area contributed by atoms with Crippen molar-refractivity contribution in [3.8, 4) is 0 Å². The summed E-state index contributed by atoms with van der Waals surface area (Å²) in [7, 11) is -3.50. The van der Waals surface area contributed by atoms with Gasteiger partial charge in [0, 0.05) is 16.9 Å². The molecule has 1 aromatic heterocycles. The molecule has 1 saturated heterocycles. The largest absolute Gasteiger partial charge is 0.391 e. The van der Waals surface area contributed by atoms with Crippen molar-refractivity contribution in [2.24, 2.45) is 5.92 Å². The number of aliphatic hydroxyl groups is 1. The summed E-state index contributed by atoms with van der Waals surface area (Å²) in [4.78, 5) is 0.893. The monoisotopic (exact) mass is 303 g/mol. The Kier molecular flexibility index (Phi) is 3.65. The van der Waals surface area contributed by atoms with Gasteiger partial charge in [-0.3, -0.25) is 0 Å². The second-order valence-electron chi connectivity index (χ2n) is 5.10. The molecule has 2 atom stereocenters. The van der Waals surface area contributed by atoms with Crippen LogP contribution in [0.15, 0.2) is 16.3 Å². The summed E-state index contributed by atoms with van der Waals surface area (Å²) in [6.07, 6.45) is 3.04. The fraction of sp³-hybridized carbons (Fsp3) is 0.667. The summed E-state index contributed by atoms with van der Waals surface area (Å²) in [6, 6.07) is 1.41. The maximum absolute atomic E-state index is 12.3. The Morgan fingerprint density at radius 2 is 2.21 bits per heavy atom. The van der Waals surface area contributed by atoms with Gasteiger partial charge < -0.3 is 9.84 Å². The highest BCUT2D eigenvalue weighted by Gasteiger charge is 2.42. The van der Waals surface area contributed by atoms with E-state index >= 15 is 0 Å². The van der Waals surface area contributed by atoms with Crippen molar-refractivity contribution in [1.29, 1.82) is 0 Å². The smallest absolute Gasteiger partial charge is 0.241 e. The van der Waals surface area contributed by atoms with Crippen LogP contribution in [0, 0.1) is 5.92 Å². The molecule has 1 aliphatic heterocycles. The second-order valence-corrected chi connectivity index (χ2v) is 7.81. The van der Waals surface area contributed by atoms with Crippen LogP contribution in [-0.2, 0) is 21.4 Å². The number of sulfonamides is 1. The molecule has 5 nitrogen and oxygen atoms in total. The van der Waals surface area contributed by atoms with Crippen molar-refractivity contribution in [1.82, 2.24) is 4.72 Å². The lowest BCUT2D eigenvalue weighted by Gasteiger charge is -2.18. The summed E-state index contributed by atoms with van der Waals surface area (Å²) >= 11 is 1.25. The number of nitrogens with one attached hydrogen (secondary N) is 1. The van der Waals surface area contributed by atoms with E-state index in [1.165, 1.54) is 17.4 Å². The molecule has 2 N–H and O–H groups in total. The van der Waals surface area contributed by atoms with Gasteiger partial charge in [0.1, 0.15) is 0 Å². The minimum absolute atomic E-state index is 0.0331. The number of hydrogen-bond donors (Lipinski definition) is 2. The molecular formula is C12H17NO4S2. The van der Waals surface area contributed by atoms with E-state index in [1.807, 2.05) is 0 Å². The Balaban J connectivity index is 1.73. The Morgan fingerprint density at radius 3 is 2.84 bits per heavy atom. The predicted octanol–water partition coefficient (Wildman–Crippen LogP) is 1.09. The molecule has 0 amide bonds. The molecule has 2 unspecified atom stereocenters. The molecule has 1 aliphatic carbocycles. The van der Waals surface area contributed by atoms with Crippen LogP contribution >= 0.6 is 11.3 Å². The van der Waals surface area contributed by atoms with Crippen LogP contribution in [0.2, 0.25) is 0 Å². The molecule has 0 spiro atoms. The molecule has 106 valence electrons. The van der Waals surface area contributed by atoms with Crippen LogP contribution in [0.25, 0.3) is 0 Å². The maximum atomic E-state index is 12.3. The number of aliphatic hydroxyl groups excluding tert-OH is 1. The van der Waals surface area contributed by atoms with Gasteiger partial charge in [-0.1, -0.05) is 0 Å². The molecule has 0 aromatic carbocycles. The Labute approximate surface area is 116 Å². The maximum Gasteiger partial charge on any atom is 0.241 e. The van der Waals surface area contributed by atoms with E-state index in [0.717, 1.165) is 19.3 Å². The fourth-order valence-electron chi connectivity index (χ4n) is 2.48. The minimum Gasteiger partial charge on any atom is -0.391 e. The number of rotatable bonds is 5. The highest BCUT2D eigenvalue weighted by molar-refractivity contribution is 7.89. The van der Waals surface area contributed by atoms with Crippen molar-refractivity contribution in [2.75, 3.05) is 6.61 Å². The molecule has 3 rings (SSSR count). The van der Waals surface area contributed by atoms with E-state index in [9.17, 15) is 8.42 Å². The lowest BCUT2D eigenvalue weighted by atomic mass is 10.1. The number of hydrogen-bond acceptors (Lipinski definition) is 5. The van der Waals surface area contributed by atoms with Crippen molar-refractivity contribution in [3.05, 3.63) is 16.3 Å². The normalized spacial score (nSPS) is 27.8. The third kappa shape index (κ3) is 2.85. The number of thiophene rings is 1. The van der Waals surface area contributed by atoms with Gasteiger partial charge in [0.15, 0.2) is 0 Å². The summed E-state index contributed by atoms with van der Waals surface area (Å²) in [5, 5.41) is 10.6. The van der Waals surface area contributed by atoms with Crippen LogP contribution < -0.4 is 4.72 Å². The minimum atomic E-state index is -3.50. The highest BCUT2D eigenvalue weighted by Crippen LogP contribution is 2.39. The first-order valence-electron chi connectivity index (χ1n) is 6.42. The Bertz CT molecular complexity index is 550. The van der Waals surface area contributed by atoms with E-state index in [0.29, 0.717) is 17.4 Å². The highest BCUT2D eigenvalue weighted by atomic mass is 32.2. The average Bonchev–Trinajstić information content (AvgIpc) is 2.92. The Hall–Kier alpha value is -0.470. The lowest BCUT2D eigenvalue weighted by molar-refractivity contribution is 0.0848. The number of ether oxygens (including phenoxy) is 1. The van der Waals surface area contributed by atoms with Gasteiger partial charge >= 0.3 is 0 Å². The molecule has 0 radical (unpaired) electrons. The molecule has 1 aromatic rings. The van der Waals surface area contributed by atoms with Crippen LogP contribution in [0.1, 0.15) is 24.1 Å². The van der Waals surface area contributed by atoms with Crippen molar-refractivity contribution in [3.63, 3.8) is 0 Å². The molecule has 2 aliphatic rings. The topological polar surface area (TPSA) is 75.6 Å². The molecule has 2 fully saturated rings. The zero-order valence-electron chi connectivity index (χ0n) is 10.4. The molecule has 1 saturated carbocycles. The van der Waals surface area contributed by atoms with Gasteiger partial charge in [-0.2, -0.15) is 0 Å². The molecule has 0 bridgehead atoms. The molecule has 19 heavy (non-hydrogen) atoms. The third-order valence-corrected chi connectivity index (χ3v) is 6.16. The quantitative estimate of drug-likeness (QED) is 0.853. The summed E-state index contributed by atoms with van der Waals surface area (Å²) in [6.45, 7) is 0.497. The summed E-state index contributed by atoms with van der Waals surface area (Å²) < 4.78 is 32.9. The predicted molar refractivity (Wildman–Crippen MR) is 71.4 cm³/mol. The first-order chi connectivity index (χ1) is 9.10. The zero-order chi connectivity index (χ0) is 13.5. The first-order valence-corrected chi connectivity index (χ1v) is 8.78. The van der Waals surface area contributed by atoms with Crippen molar-refractivity contribution >= 4 is 21.4 Å². The summed E-state index contributed by atoms with van der Waals surface area (Å²) in [5.74, 6) is 0.519. The molecular weight excluding hydrogens is 286 g/mol. The second kappa shape index (κ2) is 5.14. The van der Waals surface area contributed by atoms with E-state index in [2.05, 4.69) is 4.72 Å². The van der Waals surface area contributed by atoms with Crippen LogP contribution in [0.5, 0.6) is 0 Å². The van der Waals surface area contributed by atoms with E-state index < -0.39 is 10.0 Å². The lowest BCUT2D eigenvalue weighted by Crippen LogP contribution is -2.41. The van der Waals surface area contributed by atoms with Gasteiger partial charge in [-0.05, 0) is 31.2 Å².